The summed E-state index contributed by atoms with van der Waals surface area (Å²) in [5.74, 6) is -4.55. The van der Waals surface area contributed by atoms with E-state index in [2.05, 4.69) is 15.9 Å². The van der Waals surface area contributed by atoms with E-state index in [1.54, 1.807) is 59.5 Å². The number of phenolic OH excluding ortho intramolecular Hbond substituents is 1. The van der Waals surface area contributed by atoms with Crippen molar-refractivity contribution in [3.63, 3.8) is 0 Å². The van der Waals surface area contributed by atoms with Gasteiger partial charge in [-0.25, -0.2) is 4.90 Å². The molecular weight excluding hydrogens is 812 g/mol. The van der Waals surface area contributed by atoms with Crippen LogP contribution in [0.25, 0.3) is 31.4 Å². The van der Waals surface area contributed by atoms with Crippen LogP contribution in [0.2, 0.25) is 5.02 Å². The van der Waals surface area contributed by atoms with Gasteiger partial charge in [-0.1, -0.05) is 69.5 Å². The van der Waals surface area contributed by atoms with E-state index < -0.39 is 40.9 Å². The Kier molecular flexibility index (Phi) is 7.85. The molecule has 0 bridgehead atoms. The summed E-state index contributed by atoms with van der Waals surface area (Å²) < 4.78 is 3.45. The lowest BCUT2D eigenvalue weighted by atomic mass is 9.51. The van der Waals surface area contributed by atoms with Crippen molar-refractivity contribution in [3.8, 4) is 16.3 Å². The fraction of sp³-hybridized carbons (Fsp3) is 0.250. The Bertz CT molecular complexity index is 2780. The molecule has 4 aliphatic rings. The third kappa shape index (κ3) is 4.80. The van der Waals surface area contributed by atoms with Crippen LogP contribution < -0.4 is 9.80 Å². The summed E-state index contributed by atoms with van der Waals surface area (Å²) in [5, 5.41) is 19.9. The molecule has 0 spiro atoms. The molecule has 2 aliphatic carbocycles. The number of thiophene rings is 1. The van der Waals surface area contributed by atoms with Crippen LogP contribution in [0, 0.1) is 36.0 Å². The fourth-order valence-corrected chi connectivity index (χ4v) is 11.8. The molecule has 0 radical (unpaired) electrons. The molecule has 4 aromatic carbocycles. The van der Waals surface area contributed by atoms with Gasteiger partial charge in [0, 0.05) is 38.8 Å². The van der Waals surface area contributed by atoms with Crippen molar-refractivity contribution < 1.29 is 24.3 Å². The number of carbonyl (C=O) groups excluding carboxylic acids is 4. The third-order valence-electron chi connectivity index (χ3n) is 12.8. The quantitative estimate of drug-likeness (QED) is 0.140. The Morgan fingerprint density at radius 3 is 2.45 bits per heavy atom. The summed E-state index contributed by atoms with van der Waals surface area (Å²) in [6, 6.07) is 25.8. The molecule has 2 saturated heterocycles. The van der Waals surface area contributed by atoms with Crippen LogP contribution in [0.3, 0.4) is 0 Å². The highest BCUT2D eigenvalue weighted by Gasteiger charge is 2.68. The number of anilines is 2. The van der Waals surface area contributed by atoms with Crippen LogP contribution in [0.4, 0.5) is 11.5 Å². The molecule has 56 heavy (non-hydrogen) atoms. The summed E-state index contributed by atoms with van der Waals surface area (Å²) in [4.78, 5) is 62.5. The van der Waals surface area contributed by atoms with Crippen molar-refractivity contribution in [2.24, 2.45) is 36.1 Å². The zero-order valence-corrected chi connectivity index (χ0v) is 33.7. The Hall–Kier alpha value is -5.10. The zero-order valence-electron chi connectivity index (χ0n) is 30.5. The van der Waals surface area contributed by atoms with Crippen LogP contribution >= 0.6 is 38.9 Å². The lowest BCUT2D eigenvalue weighted by molar-refractivity contribution is -0.131. The maximum atomic E-state index is 15.3. The summed E-state index contributed by atoms with van der Waals surface area (Å²) >= 11 is 11.4. The van der Waals surface area contributed by atoms with Crippen molar-refractivity contribution in [2.45, 2.75) is 32.6 Å². The van der Waals surface area contributed by atoms with Gasteiger partial charge in [0.2, 0.25) is 23.6 Å². The number of imide groups is 2. The topological polar surface area (TPSA) is 113 Å². The van der Waals surface area contributed by atoms with E-state index in [0.29, 0.717) is 34.2 Å². The Labute approximate surface area is 339 Å². The largest absolute Gasteiger partial charge is 0.508 e. The molecule has 9 nitrogen and oxygen atoms in total. The number of hydrogen-bond acceptors (Lipinski definition) is 7. The van der Waals surface area contributed by atoms with Gasteiger partial charge in [-0.2, -0.15) is 5.10 Å². The van der Waals surface area contributed by atoms with E-state index in [-0.39, 0.29) is 29.9 Å². The summed E-state index contributed by atoms with van der Waals surface area (Å²) in [5.41, 5.74) is 2.12. The number of nitrogens with zero attached hydrogens (tertiary/aromatic N) is 4. The number of phenols is 1. The minimum atomic E-state index is -1.35. The standard InChI is InChI=1S/C44H34BrClN4O5S/c1-21-29-18-24(46)11-17-34(29)56-39(21)32-20-35(48(3)47-32)50-41(53)31-19-30-27(14-15-28-36(30)42(54)49(40(28)52)25-12-9-23(45)10-13-25)38(44(31,2)43(50)55)37-26-7-5-4-6-22(26)8-16-33(37)51/h4-14,16-18,20,28,30-31,36,38,51H,15,19H2,1-3H3/t28-,30+,31-,36-,38+,44+/m0/s1. The first-order valence-corrected chi connectivity index (χ1v) is 20.5. The van der Waals surface area contributed by atoms with E-state index in [1.165, 1.54) is 9.80 Å². The van der Waals surface area contributed by atoms with Crippen LogP contribution in [0.15, 0.2) is 101 Å². The van der Waals surface area contributed by atoms with Gasteiger partial charge in [-0.05, 0) is 103 Å². The van der Waals surface area contributed by atoms with Crippen LogP contribution in [0.1, 0.15) is 36.8 Å². The van der Waals surface area contributed by atoms with E-state index in [4.69, 9.17) is 16.7 Å². The maximum Gasteiger partial charge on any atom is 0.242 e. The highest BCUT2D eigenvalue weighted by Crippen LogP contribution is 2.65. The number of benzene rings is 4. The van der Waals surface area contributed by atoms with Gasteiger partial charge in [0.25, 0.3) is 0 Å². The number of allylic oxidation sites excluding steroid dienone is 2. The Morgan fingerprint density at radius 2 is 1.66 bits per heavy atom. The molecule has 3 fully saturated rings. The van der Waals surface area contributed by atoms with E-state index in [0.717, 1.165) is 41.3 Å². The van der Waals surface area contributed by atoms with Gasteiger partial charge < -0.3 is 5.11 Å². The summed E-state index contributed by atoms with van der Waals surface area (Å²) in [6.07, 6.45) is 2.50. The number of aromatic hydroxyl groups is 1. The average molecular weight is 846 g/mol. The third-order valence-corrected chi connectivity index (χ3v) is 14.9. The van der Waals surface area contributed by atoms with Gasteiger partial charge in [-0.15, -0.1) is 11.3 Å². The van der Waals surface area contributed by atoms with Gasteiger partial charge in [-0.3, -0.25) is 28.8 Å². The van der Waals surface area contributed by atoms with Crippen LogP contribution in [-0.2, 0) is 26.2 Å². The second-order valence-corrected chi connectivity index (χ2v) is 18.0. The lowest BCUT2D eigenvalue weighted by Gasteiger charge is -2.49. The highest BCUT2D eigenvalue weighted by molar-refractivity contribution is 9.10. The fourth-order valence-electron chi connectivity index (χ4n) is 10.2. The first kappa shape index (κ1) is 35.3. The molecule has 2 aliphatic heterocycles. The number of halogens is 2. The molecule has 2 aromatic heterocycles. The van der Waals surface area contributed by atoms with Crippen LogP contribution in [0.5, 0.6) is 5.75 Å². The van der Waals surface area contributed by atoms with Crippen molar-refractivity contribution in [3.05, 3.63) is 117 Å². The minimum absolute atomic E-state index is 0.00419. The predicted octanol–water partition coefficient (Wildman–Crippen LogP) is 9.32. The molecule has 280 valence electrons. The predicted molar refractivity (Wildman–Crippen MR) is 221 cm³/mol. The number of amides is 4. The molecule has 4 heterocycles. The molecule has 1 saturated carbocycles. The van der Waals surface area contributed by atoms with Gasteiger partial charge in [0.05, 0.1) is 33.7 Å². The molecule has 1 N–H and O–H groups in total. The molecule has 4 amide bonds. The van der Waals surface area contributed by atoms with Gasteiger partial charge in [0.15, 0.2) is 0 Å². The SMILES string of the molecule is Cc1c(-c2cc(N3C(=O)[C@@H]4C[C@@H]5C(=CC[C@@H]6C(=O)N(c7ccc(Br)cc7)C(=O)[C@@H]65)[C@H](c5c(O)ccc6ccccc56)[C@]4(C)C3=O)n(C)n2)sc2ccc(Cl)cc12. The molecule has 6 atom stereocenters. The number of fused-ring (bicyclic) bond motifs is 6. The number of rotatable bonds is 4. The summed E-state index contributed by atoms with van der Waals surface area (Å²) in [7, 11) is 1.73. The maximum absolute atomic E-state index is 15.3. The second kappa shape index (κ2) is 12.4. The van der Waals surface area contributed by atoms with E-state index in [1.807, 2.05) is 68.5 Å². The number of carbonyl (C=O) groups is 4. The first-order chi connectivity index (χ1) is 26.9. The second-order valence-electron chi connectivity index (χ2n) is 15.6. The highest BCUT2D eigenvalue weighted by atomic mass is 79.9. The molecule has 10 rings (SSSR count). The van der Waals surface area contributed by atoms with E-state index in [9.17, 15) is 14.7 Å². The Morgan fingerprint density at radius 1 is 0.893 bits per heavy atom. The zero-order chi connectivity index (χ0) is 38.9. The van der Waals surface area contributed by atoms with Crippen molar-refractivity contribution >= 4 is 94.9 Å². The number of aryl methyl sites for hydroxylation is 2. The van der Waals surface area contributed by atoms with Crippen LogP contribution in [-0.4, -0.2) is 38.5 Å². The van der Waals surface area contributed by atoms with Gasteiger partial charge in [0.1, 0.15) is 17.3 Å². The molecule has 12 heteroatoms. The first-order valence-electron chi connectivity index (χ1n) is 18.5. The van der Waals surface area contributed by atoms with Gasteiger partial charge >= 0.3 is 0 Å². The Balaban J connectivity index is 1.12. The average Bonchev–Trinajstić information content (AvgIpc) is 3.86. The van der Waals surface area contributed by atoms with Crippen molar-refractivity contribution in [1.29, 1.82) is 0 Å². The molecule has 0 unspecified atom stereocenters. The number of aromatic nitrogens is 2. The number of hydrogen-bond donors (Lipinski definition) is 1. The molecule has 6 aromatic rings. The summed E-state index contributed by atoms with van der Waals surface area (Å²) in [6.45, 7) is 3.84. The van der Waals surface area contributed by atoms with E-state index >= 15 is 9.59 Å². The van der Waals surface area contributed by atoms with Crippen molar-refractivity contribution in [1.82, 2.24) is 9.78 Å². The van der Waals surface area contributed by atoms with Crippen molar-refractivity contribution in [2.75, 3.05) is 9.80 Å². The molecular formula is C44H34BrClN4O5S. The monoisotopic (exact) mass is 844 g/mol. The minimum Gasteiger partial charge on any atom is -0.508 e. The normalized spacial score (nSPS) is 25.9. The lowest BCUT2D eigenvalue weighted by Crippen LogP contribution is -2.49. The smallest absolute Gasteiger partial charge is 0.242 e.